The van der Waals surface area contributed by atoms with Gasteiger partial charge in [-0.25, -0.2) is 4.99 Å². The lowest BCUT2D eigenvalue weighted by Crippen LogP contribution is -2.45. The Morgan fingerprint density at radius 2 is 2.28 bits per heavy atom. The number of aliphatic hydroxyl groups excluding tert-OH is 1. The van der Waals surface area contributed by atoms with Crippen molar-refractivity contribution in [1.82, 2.24) is 9.58 Å². The highest BCUT2D eigenvalue weighted by molar-refractivity contribution is 6.22. The van der Waals surface area contributed by atoms with E-state index in [-0.39, 0.29) is 6.61 Å². The van der Waals surface area contributed by atoms with Crippen molar-refractivity contribution < 1.29 is 9.84 Å². The van der Waals surface area contributed by atoms with E-state index in [1.54, 1.807) is 0 Å². The molecule has 3 rings (SSSR count). The lowest BCUT2D eigenvalue weighted by molar-refractivity contribution is 0.0679. The predicted molar refractivity (Wildman–Crippen MR) is 68.3 cm³/mol. The van der Waals surface area contributed by atoms with Crippen molar-refractivity contribution in [2.75, 3.05) is 31.7 Å². The predicted octanol–water partition coefficient (Wildman–Crippen LogP) is 0.139. The molecular weight excluding hydrogens is 256 g/mol. The Bertz CT molecular complexity index is 468. The fourth-order valence-electron chi connectivity index (χ4n) is 2.22. The minimum atomic E-state index is -0.491. The average molecular weight is 271 g/mol. The van der Waals surface area contributed by atoms with E-state index >= 15 is 0 Å². The zero-order valence-corrected chi connectivity index (χ0v) is 10.6. The first-order valence-corrected chi connectivity index (χ1v) is 6.35. The van der Waals surface area contributed by atoms with Crippen molar-refractivity contribution in [3.05, 3.63) is 23.5 Å². The molecule has 1 atom stereocenters. The maximum absolute atomic E-state index is 9.20. The second-order valence-electron chi connectivity index (χ2n) is 4.28. The van der Waals surface area contributed by atoms with Crippen LogP contribution in [0.3, 0.4) is 0 Å². The van der Waals surface area contributed by atoms with Crippen LogP contribution in [0, 0.1) is 0 Å². The van der Waals surface area contributed by atoms with Crippen molar-refractivity contribution in [2.24, 2.45) is 4.99 Å². The molecule has 1 saturated heterocycles. The first-order chi connectivity index (χ1) is 8.78. The molecule has 1 unspecified atom stereocenters. The third kappa shape index (κ3) is 2.07. The third-order valence-electron chi connectivity index (χ3n) is 3.08. The standard InChI is InChI=1S/C11H15ClN4O2/c12-11-13-10(15-1-3-18-4-2-15)9-5-8(7-17)6-16(9)14-11/h5-6,11,14,17H,1-4,7H2. The quantitative estimate of drug-likeness (QED) is 0.563. The van der Waals surface area contributed by atoms with Gasteiger partial charge in [-0.05, 0) is 11.6 Å². The summed E-state index contributed by atoms with van der Waals surface area (Å²) in [5, 5.41) is 9.20. The number of nitrogens with zero attached hydrogens (tertiary/aromatic N) is 3. The number of ether oxygens (including phenoxy) is 1. The molecule has 2 aliphatic heterocycles. The molecule has 0 bridgehead atoms. The summed E-state index contributed by atoms with van der Waals surface area (Å²) in [6.07, 6.45) is 1.83. The van der Waals surface area contributed by atoms with Gasteiger partial charge in [0.2, 0.25) is 5.62 Å². The number of morpholine rings is 1. The second kappa shape index (κ2) is 4.79. The van der Waals surface area contributed by atoms with Crippen LogP contribution in [0.15, 0.2) is 17.3 Å². The molecule has 0 radical (unpaired) electrons. The van der Waals surface area contributed by atoms with Gasteiger partial charge in [0.05, 0.1) is 19.8 Å². The molecular formula is C11H15ClN4O2. The smallest absolute Gasteiger partial charge is 0.210 e. The number of halogens is 1. The monoisotopic (exact) mass is 270 g/mol. The number of alkyl halides is 1. The van der Waals surface area contributed by atoms with Crippen molar-refractivity contribution in [2.45, 2.75) is 12.2 Å². The van der Waals surface area contributed by atoms with Gasteiger partial charge in [0.15, 0.2) is 5.84 Å². The van der Waals surface area contributed by atoms with Crippen molar-refractivity contribution in [3.63, 3.8) is 0 Å². The third-order valence-corrected chi connectivity index (χ3v) is 3.28. The number of aromatic nitrogens is 1. The Morgan fingerprint density at radius 1 is 1.50 bits per heavy atom. The maximum Gasteiger partial charge on any atom is 0.210 e. The van der Waals surface area contributed by atoms with Crippen LogP contribution in [-0.4, -0.2) is 52.4 Å². The van der Waals surface area contributed by atoms with Crippen molar-refractivity contribution >= 4 is 17.4 Å². The van der Waals surface area contributed by atoms with Gasteiger partial charge < -0.3 is 14.7 Å². The zero-order chi connectivity index (χ0) is 12.5. The van der Waals surface area contributed by atoms with Gasteiger partial charge in [-0.1, -0.05) is 11.6 Å². The summed E-state index contributed by atoms with van der Waals surface area (Å²) in [5.74, 6) is 0.858. The first-order valence-electron chi connectivity index (χ1n) is 5.91. The molecule has 6 nitrogen and oxygen atoms in total. The maximum atomic E-state index is 9.20. The molecule has 1 fully saturated rings. The summed E-state index contributed by atoms with van der Waals surface area (Å²) >= 11 is 6.07. The Hall–Kier alpha value is -1.24. The molecule has 7 heteroatoms. The van der Waals surface area contributed by atoms with E-state index in [9.17, 15) is 5.11 Å². The second-order valence-corrected chi connectivity index (χ2v) is 4.69. The van der Waals surface area contributed by atoms with E-state index in [0.29, 0.717) is 13.2 Å². The number of hydrogen-bond donors (Lipinski definition) is 2. The van der Waals surface area contributed by atoms with E-state index in [0.717, 1.165) is 30.2 Å². The molecule has 0 saturated carbocycles. The number of hydrogen-bond acceptors (Lipinski definition) is 5. The SMILES string of the molecule is OCc1cc2n(c1)NC(Cl)N=C2N1CCOCC1. The highest BCUT2D eigenvalue weighted by Gasteiger charge is 2.25. The van der Waals surface area contributed by atoms with Crippen LogP contribution >= 0.6 is 11.6 Å². The van der Waals surface area contributed by atoms with Crippen molar-refractivity contribution in [3.8, 4) is 0 Å². The van der Waals surface area contributed by atoms with Gasteiger partial charge in [-0.15, -0.1) is 0 Å². The van der Waals surface area contributed by atoms with E-state index in [1.165, 1.54) is 0 Å². The topological polar surface area (TPSA) is 62.0 Å². The van der Waals surface area contributed by atoms with Gasteiger partial charge in [-0.2, -0.15) is 0 Å². The molecule has 0 aromatic carbocycles. The van der Waals surface area contributed by atoms with Gasteiger partial charge in [0, 0.05) is 19.3 Å². The van der Waals surface area contributed by atoms with Gasteiger partial charge >= 0.3 is 0 Å². The normalized spacial score (nSPS) is 23.3. The van der Waals surface area contributed by atoms with E-state index in [4.69, 9.17) is 16.3 Å². The lowest BCUT2D eigenvalue weighted by Gasteiger charge is -2.33. The summed E-state index contributed by atoms with van der Waals surface area (Å²) in [6, 6.07) is 1.92. The zero-order valence-electron chi connectivity index (χ0n) is 9.84. The van der Waals surface area contributed by atoms with Gasteiger partial charge in [-0.3, -0.25) is 10.1 Å². The van der Waals surface area contributed by atoms with Crippen LogP contribution in [0.25, 0.3) is 0 Å². The molecule has 0 amide bonds. The van der Waals surface area contributed by atoms with Crippen LogP contribution in [0.2, 0.25) is 0 Å². The van der Waals surface area contributed by atoms with Crippen LogP contribution in [0.1, 0.15) is 11.3 Å². The van der Waals surface area contributed by atoms with Crippen LogP contribution < -0.4 is 5.43 Å². The lowest BCUT2D eigenvalue weighted by atomic mass is 10.2. The number of aliphatic hydroxyl groups is 1. The van der Waals surface area contributed by atoms with Crippen LogP contribution in [0.4, 0.5) is 0 Å². The van der Waals surface area contributed by atoms with Crippen LogP contribution in [0.5, 0.6) is 0 Å². The molecule has 1 aromatic heterocycles. The van der Waals surface area contributed by atoms with E-state index in [2.05, 4.69) is 15.3 Å². The van der Waals surface area contributed by atoms with E-state index < -0.39 is 5.62 Å². The Balaban J connectivity index is 1.94. The van der Waals surface area contributed by atoms with Gasteiger partial charge in [0.25, 0.3) is 0 Å². The fraction of sp³-hybridized carbons (Fsp3) is 0.545. The highest BCUT2D eigenvalue weighted by Crippen LogP contribution is 2.18. The summed E-state index contributed by atoms with van der Waals surface area (Å²) < 4.78 is 7.16. The summed E-state index contributed by atoms with van der Waals surface area (Å²) in [6.45, 7) is 3.02. The first kappa shape index (κ1) is 11.8. The molecule has 2 N–H and O–H groups in total. The number of aliphatic imine (C=N–C) groups is 1. The summed E-state index contributed by atoms with van der Waals surface area (Å²) in [5.41, 5.74) is 4.28. The number of nitrogens with one attached hydrogen (secondary N) is 1. The number of fused-ring (bicyclic) bond motifs is 1. The summed E-state index contributed by atoms with van der Waals surface area (Å²) in [7, 11) is 0. The van der Waals surface area contributed by atoms with E-state index in [1.807, 2.05) is 16.9 Å². The van der Waals surface area contributed by atoms with Crippen molar-refractivity contribution in [1.29, 1.82) is 0 Å². The highest BCUT2D eigenvalue weighted by atomic mass is 35.5. The largest absolute Gasteiger partial charge is 0.392 e. The molecule has 0 aliphatic carbocycles. The molecule has 98 valence electrons. The average Bonchev–Trinajstić information content (AvgIpc) is 2.81. The molecule has 0 spiro atoms. The Kier molecular flexibility index (Phi) is 3.15. The molecule has 3 heterocycles. The minimum Gasteiger partial charge on any atom is -0.392 e. The summed E-state index contributed by atoms with van der Waals surface area (Å²) in [4.78, 5) is 6.59. The number of rotatable bonds is 1. The molecule has 1 aromatic rings. The Morgan fingerprint density at radius 3 is 3.00 bits per heavy atom. The molecule has 18 heavy (non-hydrogen) atoms. The Labute approximate surface area is 110 Å². The minimum absolute atomic E-state index is 0.00498. The molecule has 2 aliphatic rings. The number of amidine groups is 1. The van der Waals surface area contributed by atoms with Gasteiger partial charge in [0.1, 0.15) is 5.69 Å². The van der Waals surface area contributed by atoms with Crippen LogP contribution in [-0.2, 0) is 11.3 Å². The fourth-order valence-corrected chi connectivity index (χ4v) is 2.42.